The average Bonchev–Trinajstić information content (AvgIpc) is 2.63. The van der Waals surface area contributed by atoms with Crippen LogP contribution in [0.1, 0.15) is 0 Å². The lowest BCUT2D eigenvalue weighted by Crippen LogP contribution is -1.93. The number of hydrogen-bond acceptors (Lipinski definition) is 5. The summed E-state index contributed by atoms with van der Waals surface area (Å²) in [5, 5.41) is 12.5. The van der Waals surface area contributed by atoms with Crippen molar-refractivity contribution in [2.24, 2.45) is 0 Å². The number of aromatic nitrogens is 1. The van der Waals surface area contributed by atoms with E-state index >= 15 is 0 Å². The quantitative estimate of drug-likeness (QED) is 0.633. The Balaban J connectivity index is 2.23. The number of nitrogens with zero attached hydrogens (tertiary/aromatic N) is 2. The van der Waals surface area contributed by atoms with Crippen molar-refractivity contribution in [3.05, 3.63) is 44.7 Å². The van der Waals surface area contributed by atoms with Crippen molar-refractivity contribution in [3.8, 4) is 10.9 Å². The van der Waals surface area contributed by atoms with E-state index in [9.17, 15) is 14.5 Å². The van der Waals surface area contributed by atoms with Gasteiger partial charge in [0.2, 0.25) is 5.82 Å². The summed E-state index contributed by atoms with van der Waals surface area (Å²) in [5.74, 6) is -0.839. The summed E-state index contributed by atoms with van der Waals surface area (Å²) < 4.78 is 18.4. The molecule has 0 unspecified atom stereocenters. The largest absolute Gasteiger partial charge is 0.431 e. The van der Waals surface area contributed by atoms with Gasteiger partial charge in [0, 0.05) is 17.5 Å². The lowest BCUT2D eigenvalue weighted by atomic mass is 10.3. The van der Waals surface area contributed by atoms with E-state index in [-0.39, 0.29) is 16.1 Å². The third-order valence-electron chi connectivity index (χ3n) is 1.78. The molecule has 0 radical (unpaired) electrons. The van der Waals surface area contributed by atoms with Gasteiger partial charge in [-0.15, -0.1) is 0 Å². The highest BCUT2D eigenvalue weighted by molar-refractivity contribution is 7.11. The molecular weight excluding hydrogens is 271 g/mol. The number of rotatable bonds is 3. The molecule has 0 amide bonds. The summed E-state index contributed by atoms with van der Waals surface area (Å²) in [5.41, 5.74) is -0.602. The van der Waals surface area contributed by atoms with E-state index < -0.39 is 16.4 Å². The van der Waals surface area contributed by atoms with E-state index in [4.69, 9.17) is 16.3 Å². The molecule has 0 aliphatic carbocycles. The summed E-state index contributed by atoms with van der Waals surface area (Å²) in [6.45, 7) is 0. The third-order valence-corrected chi connectivity index (χ3v) is 2.82. The summed E-state index contributed by atoms with van der Waals surface area (Å²) in [6, 6.07) is 3.24. The van der Waals surface area contributed by atoms with E-state index in [1.807, 2.05) is 0 Å². The molecule has 1 aromatic carbocycles. The molecule has 0 N–H and O–H groups in total. The minimum atomic E-state index is -0.963. The van der Waals surface area contributed by atoms with Crippen LogP contribution in [0, 0.1) is 15.9 Å². The van der Waals surface area contributed by atoms with E-state index in [0.29, 0.717) is 0 Å². The number of ether oxygens (including phenoxy) is 1. The fraction of sp³-hybridized carbons (Fsp3) is 0. The highest BCUT2D eigenvalue weighted by Crippen LogP contribution is 2.29. The van der Waals surface area contributed by atoms with Gasteiger partial charge >= 0.3 is 5.69 Å². The molecule has 17 heavy (non-hydrogen) atoms. The molecule has 0 fully saturated rings. The first-order valence-corrected chi connectivity index (χ1v) is 5.55. The number of nitro benzene ring substituents is 1. The van der Waals surface area contributed by atoms with E-state index in [1.54, 1.807) is 5.38 Å². The van der Waals surface area contributed by atoms with Gasteiger partial charge in [0.1, 0.15) is 10.9 Å². The molecule has 0 saturated carbocycles. The zero-order chi connectivity index (χ0) is 12.4. The number of thiazole rings is 1. The first kappa shape index (κ1) is 11.7. The number of hydrogen-bond donors (Lipinski definition) is 0. The smallest absolute Gasteiger partial charge is 0.305 e. The molecule has 1 aromatic heterocycles. The zero-order valence-electron chi connectivity index (χ0n) is 8.09. The minimum absolute atomic E-state index is 0.124. The monoisotopic (exact) mass is 274 g/mol. The predicted molar refractivity (Wildman–Crippen MR) is 60.3 cm³/mol. The second kappa shape index (κ2) is 4.64. The Kier molecular flexibility index (Phi) is 3.21. The van der Waals surface area contributed by atoms with Crippen LogP contribution in [0.2, 0.25) is 5.15 Å². The van der Waals surface area contributed by atoms with Gasteiger partial charge in [0.05, 0.1) is 4.92 Å². The van der Waals surface area contributed by atoms with Crippen LogP contribution in [0.15, 0.2) is 23.6 Å². The van der Waals surface area contributed by atoms with Crippen molar-refractivity contribution >= 4 is 28.6 Å². The molecule has 88 valence electrons. The highest BCUT2D eigenvalue weighted by atomic mass is 35.5. The lowest BCUT2D eigenvalue weighted by Gasteiger charge is -2.01. The first-order valence-electron chi connectivity index (χ1n) is 4.29. The fourth-order valence-electron chi connectivity index (χ4n) is 1.09. The topological polar surface area (TPSA) is 65.3 Å². The van der Waals surface area contributed by atoms with Gasteiger partial charge in [0.25, 0.3) is 5.19 Å². The van der Waals surface area contributed by atoms with Crippen LogP contribution in [0.5, 0.6) is 10.9 Å². The van der Waals surface area contributed by atoms with Crippen LogP contribution in [0.25, 0.3) is 0 Å². The Morgan fingerprint density at radius 2 is 2.29 bits per heavy atom. The fourth-order valence-corrected chi connectivity index (χ4v) is 1.89. The van der Waals surface area contributed by atoms with Crippen molar-refractivity contribution < 1.29 is 14.1 Å². The molecule has 5 nitrogen and oxygen atoms in total. The summed E-state index contributed by atoms with van der Waals surface area (Å²) in [4.78, 5) is 13.4. The van der Waals surface area contributed by atoms with E-state index in [2.05, 4.69) is 4.98 Å². The second-order valence-electron chi connectivity index (χ2n) is 2.91. The van der Waals surface area contributed by atoms with Gasteiger partial charge < -0.3 is 4.74 Å². The number of benzene rings is 1. The maximum absolute atomic E-state index is 13.2. The normalized spacial score (nSPS) is 10.2. The lowest BCUT2D eigenvalue weighted by molar-refractivity contribution is -0.387. The molecule has 0 aliphatic rings. The third kappa shape index (κ3) is 2.69. The van der Waals surface area contributed by atoms with Crippen molar-refractivity contribution in [1.29, 1.82) is 0 Å². The SMILES string of the molecule is O=[N+]([O-])c1ccc(Oc2nc(Cl)cs2)cc1F. The molecule has 0 atom stereocenters. The highest BCUT2D eigenvalue weighted by Gasteiger charge is 2.15. The molecule has 0 spiro atoms. The van der Waals surface area contributed by atoms with Crippen LogP contribution in [-0.4, -0.2) is 9.91 Å². The maximum Gasteiger partial charge on any atom is 0.305 e. The molecule has 2 aromatic rings. The summed E-state index contributed by atoms with van der Waals surface area (Å²) in [6.07, 6.45) is 0. The van der Waals surface area contributed by atoms with Crippen LogP contribution < -0.4 is 4.74 Å². The van der Waals surface area contributed by atoms with Crippen LogP contribution in [0.4, 0.5) is 10.1 Å². The van der Waals surface area contributed by atoms with Crippen LogP contribution in [-0.2, 0) is 0 Å². The second-order valence-corrected chi connectivity index (χ2v) is 4.12. The van der Waals surface area contributed by atoms with Crippen molar-refractivity contribution in [1.82, 2.24) is 4.98 Å². The molecule has 0 saturated heterocycles. The van der Waals surface area contributed by atoms with Gasteiger partial charge in [-0.3, -0.25) is 10.1 Å². The molecule has 2 rings (SSSR count). The Hall–Kier alpha value is -1.73. The van der Waals surface area contributed by atoms with Gasteiger partial charge in [-0.1, -0.05) is 22.9 Å². The molecule has 0 bridgehead atoms. The van der Waals surface area contributed by atoms with Gasteiger partial charge in [-0.25, -0.2) is 0 Å². The van der Waals surface area contributed by atoms with E-state index in [1.165, 1.54) is 6.07 Å². The van der Waals surface area contributed by atoms with Crippen LogP contribution >= 0.6 is 22.9 Å². The minimum Gasteiger partial charge on any atom is -0.431 e. The molecule has 0 aliphatic heterocycles. The summed E-state index contributed by atoms with van der Waals surface area (Å²) in [7, 11) is 0. The van der Waals surface area contributed by atoms with Gasteiger partial charge in [-0.05, 0) is 6.07 Å². The van der Waals surface area contributed by atoms with E-state index in [0.717, 1.165) is 23.5 Å². The number of nitro groups is 1. The first-order chi connectivity index (χ1) is 8.06. The standard InChI is InChI=1S/C9H4ClFN2O3S/c10-8-4-17-9(12-8)16-5-1-2-7(13(14)15)6(11)3-5/h1-4H. The molecule has 8 heteroatoms. The number of halogens is 2. The molecular formula is C9H4ClFN2O3S. The van der Waals surface area contributed by atoms with Gasteiger partial charge in [0.15, 0.2) is 0 Å². The maximum atomic E-state index is 13.2. The Labute approximate surface area is 104 Å². The summed E-state index contributed by atoms with van der Waals surface area (Å²) >= 11 is 6.72. The van der Waals surface area contributed by atoms with Crippen molar-refractivity contribution in [3.63, 3.8) is 0 Å². The molecule has 1 heterocycles. The Morgan fingerprint density at radius 1 is 1.53 bits per heavy atom. The predicted octanol–water partition coefficient (Wildman–Crippen LogP) is 3.64. The zero-order valence-corrected chi connectivity index (χ0v) is 9.67. The Morgan fingerprint density at radius 3 is 2.82 bits per heavy atom. The van der Waals surface area contributed by atoms with Crippen LogP contribution in [0.3, 0.4) is 0 Å². The van der Waals surface area contributed by atoms with Crippen molar-refractivity contribution in [2.75, 3.05) is 0 Å². The average molecular weight is 275 g/mol. The van der Waals surface area contributed by atoms with Crippen molar-refractivity contribution in [2.45, 2.75) is 0 Å². The van der Waals surface area contributed by atoms with Gasteiger partial charge in [-0.2, -0.15) is 9.37 Å². The Bertz CT molecular complexity index is 575.